The Kier molecular flexibility index (Phi) is 6.00. The molecular weight excluding hydrogens is 318 g/mol. The molecule has 1 aromatic carbocycles. The Morgan fingerprint density at radius 3 is 2.52 bits per heavy atom. The second kappa shape index (κ2) is 7.11. The van der Waals surface area contributed by atoms with E-state index in [4.69, 9.17) is 16.3 Å². The summed E-state index contributed by atoms with van der Waals surface area (Å²) in [4.78, 5) is 11.4. The molecule has 0 fully saturated rings. The quantitative estimate of drug-likeness (QED) is 0.741. The molecule has 0 N–H and O–H groups in total. The van der Waals surface area contributed by atoms with Crippen LogP contribution < -0.4 is 4.74 Å². The summed E-state index contributed by atoms with van der Waals surface area (Å²) in [5, 5.41) is 0.372. The van der Waals surface area contributed by atoms with Crippen molar-refractivity contribution >= 4 is 27.6 Å². The summed E-state index contributed by atoms with van der Waals surface area (Å²) in [6.07, 6.45) is 0. The lowest BCUT2D eigenvalue weighted by atomic mass is 10.2. The van der Waals surface area contributed by atoms with Crippen molar-refractivity contribution < 1.29 is 22.7 Å². The molecular formula is C13H18ClNO5S. The lowest BCUT2D eigenvalue weighted by molar-refractivity contribution is -0.144. The fraction of sp³-hybridized carbons (Fsp3) is 0.462. The van der Waals surface area contributed by atoms with E-state index in [2.05, 4.69) is 4.74 Å². The van der Waals surface area contributed by atoms with Gasteiger partial charge < -0.3 is 9.47 Å². The number of sulfonamides is 1. The first kappa shape index (κ1) is 17.7. The van der Waals surface area contributed by atoms with Gasteiger partial charge in [0.25, 0.3) is 0 Å². The smallest absolute Gasteiger partial charge is 0.309 e. The van der Waals surface area contributed by atoms with Crippen LogP contribution >= 0.6 is 11.6 Å². The largest absolute Gasteiger partial charge is 0.495 e. The zero-order valence-corrected chi connectivity index (χ0v) is 13.9. The van der Waals surface area contributed by atoms with E-state index in [1.54, 1.807) is 6.92 Å². The number of hydrogen-bond donors (Lipinski definition) is 0. The summed E-state index contributed by atoms with van der Waals surface area (Å²) in [5.41, 5.74) is 0. The second-order valence-corrected chi connectivity index (χ2v) is 6.95. The van der Waals surface area contributed by atoms with Gasteiger partial charge in [-0.3, -0.25) is 4.79 Å². The summed E-state index contributed by atoms with van der Waals surface area (Å²) < 4.78 is 35.8. The molecule has 0 radical (unpaired) electrons. The SMILES string of the molecule is COC(=O)C(C)CN(C)S(=O)(=O)c1ccc(Cl)cc1OC. The third-order valence-electron chi connectivity index (χ3n) is 2.95. The summed E-state index contributed by atoms with van der Waals surface area (Å²) in [6.45, 7) is 1.59. The average Bonchev–Trinajstić information content (AvgIpc) is 2.45. The van der Waals surface area contributed by atoms with Gasteiger partial charge in [-0.2, -0.15) is 4.31 Å². The highest BCUT2D eigenvalue weighted by atomic mass is 35.5. The first-order chi connectivity index (χ1) is 9.73. The molecule has 0 aliphatic heterocycles. The second-order valence-electron chi connectivity index (χ2n) is 4.50. The molecule has 0 aliphatic carbocycles. The molecule has 1 rings (SSSR count). The Morgan fingerprint density at radius 1 is 1.38 bits per heavy atom. The van der Waals surface area contributed by atoms with Gasteiger partial charge in [0.1, 0.15) is 10.6 Å². The van der Waals surface area contributed by atoms with E-state index < -0.39 is 21.9 Å². The van der Waals surface area contributed by atoms with Gasteiger partial charge in [0.2, 0.25) is 10.0 Å². The number of methoxy groups -OCH3 is 2. The number of ether oxygens (including phenoxy) is 2. The molecule has 6 nitrogen and oxygen atoms in total. The Labute approximate surface area is 129 Å². The molecule has 1 aromatic rings. The van der Waals surface area contributed by atoms with E-state index in [0.717, 1.165) is 4.31 Å². The zero-order chi connectivity index (χ0) is 16.2. The van der Waals surface area contributed by atoms with Crippen LogP contribution in [0.3, 0.4) is 0 Å². The number of hydrogen-bond acceptors (Lipinski definition) is 5. The van der Waals surface area contributed by atoms with Crippen LogP contribution in [0, 0.1) is 5.92 Å². The lowest BCUT2D eigenvalue weighted by Gasteiger charge is -2.21. The topological polar surface area (TPSA) is 72.9 Å². The summed E-state index contributed by atoms with van der Waals surface area (Å²) in [6, 6.07) is 4.26. The molecule has 21 heavy (non-hydrogen) atoms. The fourth-order valence-corrected chi connectivity index (χ4v) is 3.34. The first-order valence-electron chi connectivity index (χ1n) is 6.11. The van der Waals surface area contributed by atoms with Crippen molar-refractivity contribution in [3.8, 4) is 5.75 Å². The van der Waals surface area contributed by atoms with Crippen molar-refractivity contribution in [3.63, 3.8) is 0 Å². The number of carbonyl (C=O) groups is 1. The molecule has 0 heterocycles. The molecule has 0 amide bonds. The fourth-order valence-electron chi connectivity index (χ4n) is 1.78. The predicted molar refractivity (Wildman–Crippen MR) is 79.0 cm³/mol. The minimum absolute atomic E-state index is 0.000781. The van der Waals surface area contributed by atoms with Crippen LogP contribution in [0.15, 0.2) is 23.1 Å². The Bertz CT molecular complexity index is 617. The van der Waals surface area contributed by atoms with E-state index in [0.29, 0.717) is 5.02 Å². The third kappa shape index (κ3) is 4.09. The van der Waals surface area contributed by atoms with Gasteiger partial charge in [0.15, 0.2) is 0 Å². The molecule has 0 aliphatic rings. The lowest BCUT2D eigenvalue weighted by Crippen LogP contribution is -2.34. The highest BCUT2D eigenvalue weighted by Crippen LogP contribution is 2.29. The van der Waals surface area contributed by atoms with Gasteiger partial charge >= 0.3 is 5.97 Å². The zero-order valence-electron chi connectivity index (χ0n) is 12.3. The Morgan fingerprint density at radius 2 is 2.00 bits per heavy atom. The maximum atomic E-state index is 12.5. The number of rotatable bonds is 6. The van der Waals surface area contributed by atoms with E-state index >= 15 is 0 Å². The normalized spacial score (nSPS) is 13.0. The average molecular weight is 336 g/mol. The van der Waals surface area contributed by atoms with Crippen molar-refractivity contribution in [2.45, 2.75) is 11.8 Å². The molecule has 0 spiro atoms. The highest BCUT2D eigenvalue weighted by Gasteiger charge is 2.28. The van der Waals surface area contributed by atoms with Crippen molar-refractivity contribution in [1.29, 1.82) is 0 Å². The van der Waals surface area contributed by atoms with Crippen molar-refractivity contribution in [2.75, 3.05) is 27.8 Å². The van der Waals surface area contributed by atoms with Gasteiger partial charge in [0, 0.05) is 24.7 Å². The molecule has 118 valence electrons. The molecule has 1 atom stereocenters. The molecule has 0 bridgehead atoms. The molecule has 0 aromatic heterocycles. The van der Waals surface area contributed by atoms with Gasteiger partial charge in [-0.25, -0.2) is 8.42 Å². The van der Waals surface area contributed by atoms with Crippen molar-refractivity contribution in [2.24, 2.45) is 5.92 Å². The number of carbonyl (C=O) groups excluding carboxylic acids is 1. The van der Waals surface area contributed by atoms with Crippen molar-refractivity contribution in [1.82, 2.24) is 4.31 Å². The van der Waals surface area contributed by atoms with Crippen LogP contribution in [0.5, 0.6) is 5.75 Å². The van der Waals surface area contributed by atoms with Crippen LogP contribution in [0.4, 0.5) is 0 Å². The first-order valence-corrected chi connectivity index (χ1v) is 7.93. The van der Waals surface area contributed by atoms with Crippen LogP contribution in [-0.4, -0.2) is 46.5 Å². The number of esters is 1. The van der Waals surface area contributed by atoms with Crippen LogP contribution in [0.2, 0.25) is 5.02 Å². The number of benzene rings is 1. The molecule has 0 saturated carbocycles. The Balaban J connectivity index is 3.08. The maximum absolute atomic E-state index is 12.5. The minimum atomic E-state index is -3.79. The molecule has 1 unspecified atom stereocenters. The third-order valence-corrected chi connectivity index (χ3v) is 5.05. The summed E-state index contributed by atoms with van der Waals surface area (Å²) >= 11 is 5.82. The molecule has 8 heteroatoms. The van der Waals surface area contributed by atoms with Gasteiger partial charge in [-0.1, -0.05) is 18.5 Å². The maximum Gasteiger partial charge on any atom is 0.309 e. The summed E-state index contributed by atoms with van der Waals surface area (Å²) in [7, 11) is 0.221. The van der Waals surface area contributed by atoms with E-state index in [1.165, 1.54) is 39.5 Å². The molecule has 0 saturated heterocycles. The van der Waals surface area contributed by atoms with E-state index in [-0.39, 0.29) is 17.2 Å². The van der Waals surface area contributed by atoms with E-state index in [1.807, 2.05) is 0 Å². The van der Waals surface area contributed by atoms with E-state index in [9.17, 15) is 13.2 Å². The summed E-state index contributed by atoms with van der Waals surface area (Å²) in [5.74, 6) is -0.895. The van der Waals surface area contributed by atoms with Gasteiger partial charge in [-0.05, 0) is 12.1 Å². The van der Waals surface area contributed by atoms with Crippen LogP contribution in [0.25, 0.3) is 0 Å². The number of nitrogens with zero attached hydrogens (tertiary/aromatic N) is 1. The van der Waals surface area contributed by atoms with Crippen LogP contribution in [0.1, 0.15) is 6.92 Å². The van der Waals surface area contributed by atoms with Gasteiger partial charge in [0.05, 0.1) is 20.1 Å². The monoisotopic (exact) mass is 335 g/mol. The highest BCUT2D eigenvalue weighted by molar-refractivity contribution is 7.89. The number of halogens is 1. The minimum Gasteiger partial charge on any atom is -0.495 e. The van der Waals surface area contributed by atoms with Gasteiger partial charge in [-0.15, -0.1) is 0 Å². The standard InChI is InChI=1S/C13H18ClNO5S/c1-9(13(16)20-4)8-15(2)21(17,18)12-6-5-10(14)7-11(12)19-3/h5-7,9H,8H2,1-4H3. The van der Waals surface area contributed by atoms with Crippen molar-refractivity contribution in [3.05, 3.63) is 23.2 Å². The Hall–Kier alpha value is -1.31. The van der Waals surface area contributed by atoms with Crippen LogP contribution in [-0.2, 0) is 19.6 Å². The predicted octanol–water partition coefficient (Wildman–Crippen LogP) is 1.78.